The highest BCUT2D eigenvalue weighted by atomic mass is 127. The Balaban J connectivity index is 1.54. The number of halogens is 3. The zero-order valence-electron chi connectivity index (χ0n) is 18.8. The fourth-order valence-electron chi connectivity index (χ4n) is 3.69. The molecule has 0 unspecified atom stereocenters. The number of aromatic nitrogens is 1. The van der Waals surface area contributed by atoms with Crippen molar-refractivity contribution in [2.75, 3.05) is 43.1 Å². The van der Waals surface area contributed by atoms with E-state index >= 15 is 8.78 Å². The summed E-state index contributed by atoms with van der Waals surface area (Å²) in [7, 11) is -4.47. The summed E-state index contributed by atoms with van der Waals surface area (Å²) >= 11 is 2.13. The van der Waals surface area contributed by atoms with Crippen molar-refractivity contribution >= 4 is 50.0 Å². The van der Waals surface area contributed by atoms with E-state index in [2.05, 4.69) is 32.9 Å². The number of amides is 1. The molecule has 1 aliphatic heterocycles. The predicted molar refractivity (Wildman–Crippen MR) is 138 cm³/mol. The first kappa shape index (κ1) is 26.0. The van der Waals surface area contributed by atoms with Crippen LogP contribution in [0.25, 0.3) is 0 Å². The topological polar surface area (TPSA) is 118 Å². The van der Waals surface area contributed by atoms with Crippen LogP contribution in [0.15, 0.2) is 59.6 Å². The second-order valence-corrected chi connectivity index (χ2v) is 10.9. The number of benzene rings is 2. The number of rotatable bonds is 8. The van der Waals surface area contributed by atoms with Gasteiger partial charge in [-0.05, 0) is 65.1 Å². The van der Waals surface area contributed by atoms with Crippen LogP contribution in [-0.2, 0) is 10.0 Å². The Bertz CT molecular complexity index is 1350. The minimum atomic E-state index is -4.47. The molecule has 1 amide bonds. The molecule has 4 rings (SSSR count). The van der Waals surface area contributed by atoms with Gasteiger partial charge in [0.15, 0.2) is 18.3 Å². The third-order valence-corrected chi connectivity index (χ3v) is 8.18. The molecule has 1 aliphatic rings. The van der Waals surface area contributed by atoms with E-state index in [-0.39, 0.29) is 19.8 Å². The summed E-state index contributed by atoms with van der Waals surface area (Å²) in [4.78, 5) is 17.2. The Morgan fingerprint density at radius 2 is 1.78 bits per heavy atom. The standard InChI is InChI=1S/C23H22F2IN5O4S/c24-20-18(36(33,34)31-11-9-30(10-12-31)19-3-1-2-8-28-19)13-17(23(27)32)22(21(20)25)35-14-29-16-6-4-15(26)5-7-16/h1-8,13,29H,9-12,14H2,(H2,27,32). The van der Waals surface area contributed by atoms with Crippen molar-refractivity contribution in [1.29, 1.82) is 0 Å². The number of nitrogens with one attached hydrogen (secondary N) is 1. The molecule has 13 heteroatoms. The lowest BCUT2D eigenvalue weighted by molar-refractivity contribution is 0.0995. The number of nitrogens with zero attached hydrogens (tertiary/aromatic N) is 3. The van der Waals surface area contributed by atoms with Crippen LogP contribution < -0.4 is 20.7 Å². The van der Waals surface area contributed by atoms with E-state index in [9.17, 15) is 13.2 Å². The third kappa shape index (κ3) is 5.52. The van der Waals surface area contributed by atoms with Crippen LogP contribution in [-0.4, -0.2) is 56.5 Å². The molecule has 0 aliphatic carbocycles. The van der Waals surface area contributed by atoms with Crippen LogP contribution in [0, 0.1) is 15.2 Å². The molecule has 3 N–H and O–H groups in total. The zero-order chi connectivity index (χ0) is 25.9. The summed E-state index contributed by atoms with van der Waals surface area (Å²) in [6.45, 7) is 0.315. The minimum absolute atomic E-state index is 0.0179. The Morgan fingerprint density at radius 1 is 1.08 bits per heavy atom. The number of carbonyl (C=O) groups is 1. The fraction of sp³-hybridized carbons (Fsp3) is 0.217. The number of hydrogen-bond donors (Lipinski definition) is 2. The lowest BCUT2D eigenvalue weighted by Gasteiger charge is -2.34. The van der Waals surface area contributed by atoms with E-state index in [1.54, 1.807) is 30.5 Å². The maximum atomic E-state index is 15.0. The maximum Gasteiger partial charge on any atom is 0.252 e. The maximum absolute atomic E-state index is 15.0. The Hall–Kier alpha value is -3.04. The molecular weight excluding hydrogens is 607 g/mol. The second kappa shape index (κ2) is 10.9. The predicted octanol–water partition coefficient (Wildman–Crippen LogP) is 3.02. The number of hydrogen-bond acceptors (Lipinski definition) is 7. The molecule has 0 radical (unpaired) electrons. The van der Waals surface area contributed by atoms with Gasteiger partial charge < -0.3 is 20.7 Å². The number of pyridine rings is 1. The Morgan fingerprint density at radius 3 is 2.39 bits per heavy atom. The van der Waals surface area contributed by atoms with Crippen LogP contribution in [0.3, 0.4) is 0 Å². The molecule has 0 spiro atoms. The number of carbonyl (C=O) groups excluding carboxylic acids is 1. The average molecular weight is 629 g/mol. The van der Waals surface area contributed by atoms with Gasteiger partial charge in [0.25, 0.3) is 5.91 Å². The van der Waals surface area contributed by atoms with Gasteiger partial charge in [0.2, 0.25) is 15.8 Å². The van der Waals surface area contributed by atoms with Gasteiger partial charge in [-0.15, -0.1) is 0 Å². The van der Waals surface area contributed by atoms with E-state index in [1.807, 2.05) is 23.1 Å². The lowest BCUT2D eigenvalue weighted by atomic mass is 10.1. The molecule has 9 nitrogen and oxygen atoms in total. The van der Waals surface area contributed by atoms with Crippen molar-refractivity contribution in [3.8, 4) is 5.75 Å². The van der Waals surface area contributed by atoms with Crippen LogP contribution >= 0.6 is 22.6 Å². The van der Waals surface area contributed by atoms with Gasteiger partial charge in [0, 0.05) is 41.6 Å². The van der Waals surface area contributed by atoms with Crippen LogP contribution in [0.5, 0.6) is 5.75 Å². The van der Waals surface area contributed by atoms with Gasteiger partial charge in [-0.1, -0.05) is 6.07 Å². The zero-order valence-corrected chi connectivity index (χ0v) is 21.8. The van der Waals surface area contributed by atoms with E-state index in [0.29, 0.717) is 24.6 Å². The summed E-state index contributed by atoms with van der Waals surface area (Å²) in [5.41, 5.74) is 5.42. The van der Waals surface area contributed by atoms with E-state index in [4.69, 9.17) is 10.5 Å². The van der Waals surface area contributed by atoms with Crippen molar-refractivity contribution in [3.05, 3.63) is 75.5 Å². The molecule has 3 aromatic rings. The molecule has 2 heterocycles. The first-order valence-electron chi connectivity index (χ1n) is 10.8. The number of ether oxygens (including phenoxy) is 1. The molecule has 0 atom stereocenters. The molecule has 0 saturated carbocycles. The molecule has 0 bridgehead atoms. The molecule has 190 valence electrons. The average Bonchev–Trinajstić information content (AvgIpc) is 2.88. The van der Waals surface area contributed by atoms with Gasteiger partial charge in [0.1, 0.15) is 10.7 Å². The Labute approximate surface area is 220 Å². The second-order valence-electron chi connectivity index (χ2n) is 7.80. The molecule has 1 saturated heterocycles. The third-order valence-electron chi connectivity index (χ3n) is 5.56. The van der Waals surface area contributed by atoms with Gasteiger partial charge in [-0.2, -0.15) is 8.70 Å². The number of primary amides is 1. The van der Waals surface area contributed by atoms with Crippen LogP contribution in [0.2, 0.25) is 0 Å². The smallest absolute Gasteiger partial charge is 0.252 e. The number of sulfonamides is 1. The Kier molecular flexibility index (Phi) is 7.90. The van der Waals surface area contributed by atoms with Crippen molar-refractivity contribution in [2.24, 2.45) is 5.73 Å². The summed E-state index contributed by atoms with van der Waals surface area (Å²) in [6.07, 6.45) is 1.63. The lowest BCUT2D eigenvalue weighted by Crippen LogP contribution is -2.49. The van der Waals surface area contributed by atoms with E-state index < -0.39 is 43.8 Å². The minimum Gasteiger partial charge on any atom is -0.469 e. The van der Waals surface area contributed by atoms with Crippen molar-refractivity contribution < 1.29 is 26.7 Å². The molecule has 1 aromatic heterocycles. The summed E-state index contributed by atoms with van der Waals surface area (Å²) < 4.78 is 63.7. The van der Waals surface area contributed by atoms with E-state index in [0.717, 1.165) is 13.9 Å². The van der Waals surface area contributed by atoms with Gasteiger partial charge in [0.05, 0.1) is 5.56 Å². The number of nitrogens with two attached hydrogens (primary N) is 1. The van der Waals surface area contributed by atoms with Crippen molar-refractivity contribution in [3.63, 3.8) is 0 Å². The van der Waals surface area contributed by atoms with E-state index in [1.165, 1.54) is 0 Å². The molecule has 36 heavy (non-hydrogen) atoms. The monoisotopic (exact) mass is 629 g/mol. The van der Waals surface area contributed by atoms with Gasteiger partial charge in [-0.25, -0.2) is 17.8 Å². The fourth-order valence-corrected chi connectivity index (χ4v) is 5.56. The summed E-state index contributed by atoms with van der Waals surface area (Å²) in [6, 6.07) is 13.3. The summed E-state index contributed by atoms with van der Waals surface area (Å²) in [5, 5.41) is 2.84. The van der Waals surface area contributed by atoms with Crippen molar-refractivity contribution in [2.45, 2.75) is 4.90 Å². The quantitative estimate of drug-likeness (QED) is 0.291. The SMILES string of the molecule is NC(=O)c1cc(S(=O)(=O)N2CCN(c3ccccn3)CC2)c(F)c(F)c1OCNc1ccc(I)cc1. The first-order chi connectivity index (χ1) is 17.2. The van der Waals surface area contributed by atoms with Crippen LogP contribution in [0.1, 0.15) is 10.4 Å². The molecular formula is C23H22F2IN5O4S. The number of piperazine rings is 1. The highest BCUT2D eigenvalue weighted by molar-refractivity contribution is 14.1. The molecule has 2 aromatic carbocycles. The first-order valence-corrected chi connectivity index (χ1v) is 13.3. The van der Waals surface area contributed by atoms with Crippen LogP contribution in [0.4, 0.5) is 20.3 Å². The summed E-state index contributed by atoms with van der Waals surface area (Å²) in [5.74, 6) is -4.49. The number of anilines is 2. The van der Waals surface area contributed by atoms with Crippen molar-refractivity contribution in [1.82, 2.24) is 9.29 Å². The normalized spacial score (nSPS) is 14.5. The van der Waals surface area contributed by atoms with Gasteiger partial charge in [-0.3, -0.25) is 4.79 Å². The highest BCUT2D eigenvalue weighted by Crippen LogP contribution is 2.32. The highest BCUT2D eigenvalue weighted by Gasteiger charge is 2.35. The van der Waals surface area contributed by atoms with Gasteiger partial charge >= 0.3 is 0 Å². The largest absolute Gasteiger partial charge is 0.469 e. The molecule has 1 fully saturated rings.